The van der Waals surface area contributed by atoms with Crippen LogP contribution in [0, 0.1) is 0 Å². The summed E-state index contributed by atoms with van der Waals surface area (Å²) in [5.74, 6) is 0.555. The number of nitrogens with zero attached hydrogens (tertiary/aromatic N) is 2. The van der Waals surface area contributed by atoms with Gasteiger partial charge in [0.05, 0.1) is 18.8 Å². The molecule has 1 aliphatic rings. The lowest BCUT2D eigenvalue weighted by molar-refractivity contribution is -0.121. The van der Waals surface area contributed by atoms with E-state index in [0.717, 1.165) is 32.7 Å². The fraction of sp³-hybridized carbons (Fsp3) is 0.381. The number of piperazine rings is 1. The fourth-order valence-corrected chi connectivity index (χ4v) is 3.50. The number of halogens is 1. The van der Waals surface area contributed by atoms with E-state index in [0.29, 0.717) is 16.5 Å². The minimum Gasteiger partial charge on any atom is -0.495 e. The quantitative estimate of drug-likeness (QED) is 0.824. The van der Waals surface area contributed by atoms with E-state index in [2.05, 4.69) is 39.4 Å². The molecule has 6 heteroatoms. The van der Waals surface area contributed by atoms with Crippen LogP contribution in [0.4, 0.5) is 5.69 Å². The molecule has 0 saturated carbocycles. The molecule has 0 radical (unpaired) electrons. The van der Waals surface area contributed by atoms with Gasteiger partial charge in [-0.05, 0) is 30.7 Å². The van der Waals surface area contributed by atoms with Gasteiger partial charge in [0.1, 0.15) is 5.75 Å². The van der Waals surface area contributed by atoms with E-state index in [1.165, 1.54) is 5.56 Å². The highest BCUT2D eigenvalue weighted by Gasteiger charge is 2.26. The van der Waals surface area contributed by atoms with Crippen LogP contribution in [0.15, 0.2) is 48.5 Å². The van der Waals surface area contributed by atoms with E-state index in [9.17, 15) is 4.79 Å². The highest BCUT2D eigenvalue weighted by Crippen LogP contribution is 2.28. The van der Waals surface area contributed by atoms with Crippen molar-refractivity contribution in [2.45, 2.75) is 19.5 Å². The summed E-state index contributed by atoms with van der Waals surface area (Å²) >= 11 is 6.05. The molecule has 1 aliphatic heterocycles. The molecule has 144 valence electrons. The van der Waals surface area contributed by atoms with Gasteiger partial charge in [-0.3, -0.25) is 14.6 Å². The average Bonchev–Trinajstić information content (AvgIpc) is 2.69. The SMILES string of the molecule is COc1ccc(Cl)cc1NC(=O)C(C)N1CCN(Cc2ccccc2)CC1. The molecular formula is C21H26ClN3O2. The first-order chi connectivity index (χ1) is 13.1. The summed E-state index contributed by atoms with van der Waals surface area (Å²) in [5.41, 5.74) is 1.93. The summed E-state index contributed by atoms with van der Waals surface area (Å²) in [6, 6.07) is 15.5. The number of benzene rings is 2. The van der Waals surface area contributed by atoms with Gasteiger partial charge < -0.3 is 10.1 Å². The Morgan fingerprint density at radius 2 is 1.85 bits per heavy atom. The van der Waals surface area contributed by atoms with E-state index >= 15 is 0 Å². The second-order valence-electron chi connectivity index (χ2n) is 6.81. The van der Waals surface area contributed by atoms with E-state index in [4.69, 9.17) is 16.3 Å². The molecule has 1 atom stereocenters. The maximum atomic E-state index is 12.7. The zero-order valence-corrected chi connectivity index (χ0v) is 16.6. The van der Waals surface area contributed by atoms with Crippen molar-refractivity contribution in [3.63, 3.8) is 0 Å². The summed E-state index contributed by atoms with van der Waals surface area (Å²) in [7, 11) is 1.58. The molecule has 1 amide bonds. The second kappa shape index (κ2) is 9.22. The van der Waals surface area contributed by atoms with E-state index in [1.54, 1.807) is 25.3 Å². The predicted octanol–water partition coefficient (Wildman–Crippen LogP) is 3.49. The molecule has 0 aliphatic carbocycles. The van der Waals surface area contributed by atoms with Crippen LogP contribution in [0.25, 0.3) is 0 Å². The number of anilines is 1. The number of ether oxygens (including phenoxy) is 1. The standard InChI is InChI=1S/C21H26ClN3O2/c1-16(21(26)23-19-14-18(22)8-9-20(19)27-2)25-12-10-24(11-13-25)15-17-6-4-3-5-7-17/h3-9,14,16H,10-13,15H2,1-2H3,(H,23,26). The van der Waals surface area contributed by atoms with E-state index < -0.39 is 0 Å². The molecule has 1 N–H and O–H groups in total. The Balaban J connectivity index is 1.53. The minimum atomic E-state index is -0.215. The maximum Gasteiger partial charge on any atom is 0.241 e. The third-order valence-electron chi connectivity index (χ3n) is 5.00. The third-order valence-corrected chi connectivity index (χ3v) is 5.24. The van der Waals surface area contributed by atoms with Crippen LogP contribution in [-0.4, -0.2) is 55.0 Å². The molecule has 1 heterocycles. The largest absolute Gasteiger partial charge is 0.495 e. The summed E-state index contributed by atoms with van der Waals surface area (Å²) in [4.78, 5) is 17.3. The van der Waals surface area contributed by atoms with Gasteiger partial charge in [-0.1, -0.05) is 41.9 Å². The smallest absolute Gasteiger partial charge is 0.241 e. The summed E-state index contributed by atoms with van der Waals surface area (Å²) in [6.07, 6.45) is 0. The molecule has 5 nitrogen and oxygen atoms in total. The lowest BCUT2D eigenvalue weighted by atomic mass is 10.1. The lowest BCUT2D eigenvalue weighted by Gasteiger charge is -2.37. The average molecular weight is 388 g/mol. The van der Waals surface area contributed by atoms with Gasteiger partial charge in [0.15, 0.2) is 0 Å². The molecule has 3 rings (SSSR count). The van der Waals surface area contributed by atoms with Gasteiger partial charge in [-0.25, -0.2) is 0 Å². The van der Waals surface area contributed by atoms with Crippen molar-refractivity contribution >= 4 is 23.2 Å². The number of nitrogens with one attached hydrogen (secondary N) is 1. The first-order valence-corrected chi connectivity index (χ1v) is 9.59. The number of rotatable bonds is 6. The Morgan fingerprint density at radius 3 is 2.52 bits per heavy atom. The topological polar surface area (TPSA) is 44.8 Å². The van der Waals surface area contributed by atoms with Crippen molar-refractivity contribution in [2.75, 3.05) is 38.6 Å². The van der Waals surface area contributed by atoms with Crippen LogP contribution in [0.1, 0.15) is 12.5 Å². The van der Waals surface area contributed by atoms with E-state index in [1.807, 2.05) is 13.0 Å². The molecule has 0 spiro atoms. The molecule has 0 bridgehead atoms. The molecule has 27 heavy (non-hydrogen) atoms. The van der Waals surface area contributed by atoms with Crippen molar-refractivity contribution in [1.29, 1.82) is 0 Å². The summed E-state index contributed by atoms with van der Waals surface area (Å²) < 4.78 is 5.30. The summed E-state index contributed by atoms with van der Waals surface area (Å²) in [5, 5.41) is 3.51. The third kappa shape index (κ3) is 5.22. The van der Waals surface area contributed by atoms with Gasteiger partial charge in [-0.2, -0.15) is 0 Å². The highest BCUT2D eigenvalue weighted by atomic mass is 35.5. The Bertz CT molecular complexity index is 761. The predicted molar refractivity (Wildman–Crippen MR) is 109 cm³/mol. The molecular weight excluding hydrogens is 362 g/mol. The van der Waals surface area contributed by atoms with Crippen LogP contribution in [0.2, 0.25) is 5.02 Å². The van der Waals surface area contributed by atoms with Gasteiger partial charge in [0, 0.05) is 37.7 Å². The van der Waals surface area contributed by atoms with Crippen LogP contribution in [0.5, 0.6) is 5.75 Å². The second-order valence-corrected chi connectivity index (χ2v) is 7.24. The zero-order chi connectivity index (χ0) is 19.2. The molecule has 1 saturated heterocycles. The van der Waals surface area contributed by atoms with Crippen LogP contribution < -0.4 is 10.1 Å². The van der Waals surface area contributed by atoms with Crippen molar-refractivity contribution in [2.24, 2.45) is 0 Å². The number of hydrogen-bond acceptors (Lipinski definition) is 4. The van der Waals surface area contributed by atoms with Gasteiger partial charge in [0.2, 0.25) is 5.91 Å². The molecule has 2 aromatic carbocycles. The molecule has 1 unspecified atom stereocenters. The van der Waals surface area contributed by atoms with Crippen molar-refractivity contribution in [3.05, 3.63) is 59.1 Å². The molecule has 2 aromatic rings. The van der Waals surface area contributed by atoms with Crippen molar-refractivity contribution < 1.29 is 9.53 Å². The number of methoxy groups -OCH3 is 1. The Labute approximate surface area is 165 Å². The van der Waals surface area contributed by atoms with E-state index in [-0.39, 0.29) is 11.9 Å². The fourth-order valence-electron chi connectivity index (χ4n) is 3.33. The van der Waals surface area contributed by atoms with Crippen LogP contribution >= 0.6 is 11.6 Å². The number of carbonyl (C=O) groups excluding carboxylic acids is 1. The zero-order valence-electron chi connectivity index (χ0n) is 15.8. The molecule has 0 aromatic heterocycles. The van der Waals surface area contributed by atoms with Crippen molar-refractivity contribution in [3.8, 4) is 5.75 Å². The normalized spacial score (nSPS) is 16.7. The number of amides is 1. The van der Waals surface area contributed by atoms with Gasteiger partial charge in [0.25, 0.3) is 0 Å². The first-order valence-electron chi connectivity index (χ1n) is 9.21. The van der Waals surface area contributed by atoms with Gasteiger partial charge in [-0.15, -0.1) is 0 Å². The Kier molecular flexibility index (Phi) is 6.72. The number of carbonyl (C=O) groups is 1. The van der Waals surface area contributed by atoms with Crippen LogP contribution in [-0.2, 0) is 11.3 Å². The minimum absolute atomic E-state index is 0.0490. The number of hydrogen-bond donors (Lipinski definition) is 1. The van der Waals surface area contributed by atoms with Gasteiger partial charge >= 0.3 is 0 Å². The monoisotopic (exact) mass is 387 g/mol. The molecule has 1 fully saturated rings. The Hall–Kier alpha value is -2.08. The Morgan fingerprint density at radius 1 is 1.15 bits per heavy atom. The van der Waals surface area contributed by atoms with Crippen molar-refractivity contribution in [1.82, 2.24) is 9.80 Å². The highest BCUT2D eigenvalue weighted by molar-refractivity contribution is 6.31. The first kappa shape index (κ1) is 19.7. The maximum absolute atomic E-state index is 12.7. The van der Waals surface area contributed by atoms with Crippen LogP contribution in [0.3, 0.4) is 0 Å². The lowest BCUT2D eigenvalue weighted by Crippen LogP contribution is -2.52. The summed E-state index contributed by atoms with van der Waals surface area (Å²) in [6.45, 7) is 6.54.